The molecule has 148 valence electrons. The molecule has 1 aliphatic carbocycles. The second kappa shape index (κ2) is 8.08. The molecule has 0 radical (unpaired) electrons. The number of aryl methyl sites for hydroxylation is 1. The van der Waals surface area contributed by atoms with Gasteiger partial charge in [0.2, 0.25) is 0 Å². The Hall–Kier alpha value is -3.14. The molecular weight excluding hydrogens is 362 g/mol. The van der Waals surface area contributed by atoms with E-state index in [0.717, 1.165) is 30.5 Å². The van der Waals surface area contributed by atoms with E-state index >= 15 is 0 Å². The molecule has 1 heterocycles. The van der Waals surface area contributed by atoms with Crippen molar-refractivity contribution in [1.29, 1.82) is 0 Å². The summed E-state index contributed by atoms with van der Waals surface area (Å²) in [5.41, 5.74) is 5.54. The first-order chi connectivity index (χ1) is 14.1. The normalized spacial score (nSPS) is 15.3. The van der Waals surface area contributed by atoms with E-state index < -0.39 is 0 Å². The molecule has 1 aromatic heterocycles. The van der Waals surface area contributed by atoms with Gasteiger partial charge in [0.15, 0.2) is 36.2 Å². The van der Waals surface area contributed by atoms with E-state index in [1.54, 1.807) is 14.2 Å². The Labute approximate surface area is 171 Å². The van der Waals surface area contributed by atoms with Crippen LogP contribution in [0.5, 0.6) is 11.5 Å². The number of aromatic nitrogens is 1. The topological polar surface area (TPSA) is 39.4 Å². The molecule has 0 fully saturated rings. The number of rotatable bonds is 6. The molecule has 0 spiro atoms. The molecule has 1 aliphatic rings. The lowest BCUT2D eigenvalue weighted by Crippen LogP contribution is -2.33. The first-order valence-corrected chi connectivity index (χ1v) is 9.90. The van der Waals surface area contributed by atoms with Gasteiger partial charge in [-0.05, 0) is 49.1 Å². The van der Waals surface area contributed by atoms with Gasteiger partial charge in [0.25, 0.3) is 0 Å². The lowest BCUT2D eigenvalue weighted by molar-refractivity contribution is -0.688. The number of Topliss-reactive ketones (excluding diaryl/α,β-unsaturated/α-hetero) is 1. The van der Waals surface area contributed by atoms with Crippen LogP contribution in [0.1, 0.15) is 32.6 Å². The molecule has 4 rings (SSSR count). The highest BCUT2D eigenvalue weighted by Gasteiger charge is 2.32. The molecule has 0 amide bonds. The predicted molar refractivity (Wildman–Crippen MR) is 112 cm³/mol. The summed E-state index contributed by atoms with van der Waals surface area (Å²) in [6, 6.07) is 16.5. The van der Waals surface area contributed by atoms with Gasteiger partial charge in [-0.15, -0.1) is 0 Å². The summed E-state index contributed by atoms with van der Waals surface area (Å²) in [5.74, 6) is 1.45. The average molecular weight is 388 g/mol. The van der Waals surface area contributed by atoms with Crippen LogP contribution in [-0.2, 0) is 19.4 Å². The van der Waals surface area contributed by atoms with E-state index in [-0.39, 0.29) is 11.7 Å². The Kier molecular flexibility index (Phi) is 5.34. The van der Waals surface area contributed by atoms with Gasteiger partial charge in [0.05, 0.1) is 14.2 Å². The summed E-state index contributed by atoms with van der Waals surface area (Å²) in [6.45, 7) is 2.95. The van der Waals surface area contributed by atoms with Crippen molar-refractivity contribution in [3.8, 4) is 11.5 Å². The van der Waals surface area contributed by atoms with E-state index in [4.69, 9.17) is 9.47 Å². The summed E-state index contributed by atoms with van der Waals surface area (Å²) in [7, 11) is 3.21. The van der Waals surface area contributed by atoms with Crippen LogP contribution in [0.2, 0.25) is 0 Å². The van der Waals surface area contributed by atoms with Crippen molar-refractivity contribution in [2.45, 2.75) is 26.3 Å². The van der Waals surface area contributed by atoms with Gasteiger partial charge in [-0.25, -0.2) is 4.57 Å². The highest BCUT2D eigenvalue weighted by molar-refractivity contribution is 6.03. The molecule has 3 aromatic rings. The van der Waals surface area contributed by atoms with Crippen LogP contribution in [0.25, 0.3) is 0 Å². The molecule has 4 heteroatoms. The van der Waals surface area contributed by atoms with Crippen LogP contribution < -0.4 is 14.0 Å². The Balaban J connectivity index is 1.46. The fourth-order valence-corrected chi connectivity index (χ4v) is 4.10. The molecule has 0 N–H and O–H groups in total. The lowest BCUT2D eigenvalue weighted by Gasteiger charge is -2.09. The SMILES string of the molecule is COc1cc2c(cc1OC)C(=O)C(Cc1cc[n+](Cc3cccc(C)c3)cc1)C2. The van der Waals surface area contributed by atoms with Crippen molar-refractivity contribution in [2.75, 3.05) is 14.2 Å². The molecule has 1 atom stereocenters. The number of hydrogen-bond donors (Lipinski definition) is 0. The van der Waals surface area contributed by atoms with E-state index in [2.05, 4.69) is 60.3 Å². The van der Waals surface area contributed by atoms with Crippen LogP contribution in [0.4, 0.5) is 0 Å². The zero-order chi connectivity index (χ0) is 20.4. The van der Waals surface area contributed by atoms with Gasteiger partial charge < -0.3 is 9.47 Å². The number of ketones is 1. The maximum Gasteiger partial charge on any atom is 0.173 e. The first kappa shape index (κ1) is 19.2. The van der Waals surface area contributed by atoms with Crippen molar-refractivity contribution in [2.24, 2.45) is 5.92 Å². The number of hydrogen-bond acceptors (Lipinski definition) is 3. The molecule has 0 bridgehead atoms. The second-order valence-corrected chi connectivity index (χ2v) is 7.70. The average Bonchev–Trinajstić information content (AvgIpc) is 3.03. The van der Waals surface area contributed by atoms with E-state index in [1.807, 2.05) is 12.1 Å². The quantitative estimate of drug-likeness (QED) is 0.601. The van der Waals surface area contributed by atoms with E-state index in [1.165, 1.54) is 16.7 Å². The summed E-state index contributed by atoms with van der Waals surface area (Å²) < 4.78 is 12.9. The van der Waals surface area contributed by atoms with Crippen LogP contribution in [0.15, 0.2) is 60.9 Å². The predicted octanol–water partition coefficient (Wildman–Crippen LogP) is 3.95. The van der Waals surface area contributed by atoms with Crippen molar-refractivity contribution in [3.63, 3.8) is 0 Å². The lowest BCUT2D eigenvalue weighted by atomic mass is 9.96. The van der Waals surface area contributed by atoms with Crippen LogP contribution in [-0.4, -0.2) is 20.0 Å². The van der Waals surface area contributed by atoms with Crippen LogP contribution in [0, 0.1) is 12.8 Å². The summed E-state index contributed by atoms with van der Waals surface area (Å²) in [4.78, 5) is 12.9. The fourth-order valence-electron chi connectivity index (χ4n) is 4.10. The summed E-state index contributed by atoms with van der Waals surface area (Å²) in [6.07, 6.45) is 5.67. The maximum absolute atomic E-state index is 12.9. The van der Waals surface area contributed by atoms with Gasteiger partial charge in [-0.3, -0.25) is 4.79 Å². The monoisotopic (exact) mass is 388 g/mol. The van der Waals surface area contributed by atoms with Crippen molar-refractivity contribution in [3.05, 3.63) is 88.7 Å². The third-order valence-electron chi connectivity index (χ3n) is 5.60. The zero-order valence-electron chi connectivity index (χ0n) is 17.1. The van der Waals surface area contributed by atoms with Crippen molar-refractivity contribution in [1.82, 2.24) is 0 Å². The maximum atomic E-state index is 12.9. The third kappa shape index (κ3) is 4.02. The van der Waals surface area contributed by atoms with E-state index in [9.17, 15) is 4.79 Å². The smallest absolute Gasteiger partial charge is 0.173 e. The molecule has 4 nitrogen and oxygen atoms in total. The minimum absolute atomic E-state index is 0.0329. The molecule has 29 heavy (non-hydrogen) atoms. The number of fused-ring (bicyclic) bond motifs is 1. The standard InChI is InChI=1S/C25H26NO3/c1-17-5-4-6-19(11-17)16-26-9-7-18(8-10-26)12-21-13-20-14-23(28-2)24(29-3)15-22(20)25(21)27/h4-11,14-15,21H,12-13,16H2,1-3H3/q+1. The number of carbonyl (C=O) groups is 1. The molecular formula is C25H26NO3+. The Morgan fingerprint density at radius 3 is 2.38 bits per heavy atom. The fraction of sp³-hybridized carbons (Fsp3) is 0.280. The van der Waals surface area contributed by atoms with Gasteiger partial charge in [0.1, 0.15) is 0 Å². The minimum Gasteiger partial charge on any atom is -0.493 e. The van der Waals surface area contributed by atoms with Gasteiger partial charge in [-0.2, -0.15) is 0 Å². The minimum atomic E-state index is -0.0329. The molecule has 0 aliphatic heterocycles. The third-order valence-corrected chi connectivity index (χ3v) is 5.60. The second-order valence-electron chi connectivity index (χ2n) is 7.70. The van der Waals surface area contributed by atoms with Gasteiger partial charge >= 0.3 is 0 Å². The number of methoxy groups -OCH3 is 2. The van der Waals surface area contributed by atoms with Crippen LogP contribution in [0.3, 0.4) is 0 Å². The first-order valence-electron chi connectivity index (χ1n) is 9.90. The molecule has 1 unspecified atom stereocenters. The molecule has 0 saturated heterocycles. The number of pyridine rings is 1. The van der Waals surface area contributed by atoms with Gasteiger partial charge in [-0.1, -0.05) is 23.8 Å². The Bertz CT molecular complexity index is 1040. The highest BCUT2D eigenvalue weighted by atomic mass is 16.5. The van der Waals surface area contributed by atoms with E-state index in [0.29, 0.717) is 11.5 Å². The van der Waals surface area contributed by atoms with Gasteiger partial charge in [0, 0.05) is 29.2 Å². The zero-order valence-corrected chi connectivity index (χ0v) is 17.1. The number of carbonyl (C=O) groups excluding carboxylic acids is 1. The van der Waals surface area contributed by atoms with Crippen LogP contribution >= 0.6 is 0 Å². The molecule has 0 saturated carbocycles. The number of ether oxygens (including phenoxy) is 2. The number of benzene rings is 2. The largest absolute Gasteiger partial charge is 0.493 e. The van der Waals surface area contributed by atoms with Crippen molar-refractivity contribution < 1.29 is 18.8 Å². The van der Waals surface area contributed by atoms with Crippen molar-refractivity contribution >= 4 is 5.78 Å². The summed E-state index contributed by atoms with van der Waals surface area (Å²) in [5, 5.41) is 0. The number of nitrogens with zero attached hydrogens (tertiary/aromatic N) is 1. The molecule has 2 aromatic carbocycles. The summed E-state index contributed by atoms with van der Waals surface area (Å²) >= 11 is 0. The Morgan fingerprint density at radius 2 is 1.69 bits per heavy atom. The Morgan fingerprint density at radius 1 is 0.966 bits per heavy atom. The highest BCUT2D eigenvalue weighted by Crippen LogP contribution is 2.37.